The first kappa shape index (κ1) is 69.1. The molecule has 0 aromatic heterocycles. The highest BCUT2D eigenvalue weighted by molar-refractivity contribution is 5.76. The zero-order chi connectivity index (χ0) is 51.4. The topological polar surface area (TPSA) is 95.9 Å². The predicted octanol–water partition coefficient (Wildman–Crippen LogP) is 20.0. The Balaban J connectivity index is 3.44. The van der Waals surface area contributed by atoms with Gasteiger partial charge in [0.05, 0.1) is 25.4 Å². The highest BCUT2D eigenvalue weighted by atomic mass is 16.5. The Morgan fingerprint density at radius 3 is 1.13 bits per heavy atom. The number of aliphatic hydroxyl groups excluding tert-OH is 2. The molecule has 418 valence electrons. The number of allylic oxidation sites excluding steroid dienone is 5. The van der Waals surface area contributed by atoms with Gasteiger partial charge in [-0.25, -0.2) is 0 Å². The second kappa shape index (κ2) is 60.6. The zero-order valence-electron chi connectivity index (χ0n) is 47.7. The molecule has 0 aromatic carbocycles. The van der Waals surface area contributed by atoms with Gasteiger partial charge in [0.15, 0.2) is 0 Å². The van der Waals surface area contributed by atoms with Crippen LogP contribution >= 0.6 is 0 Å². The van der Waals surface area contributed by atoms with E-state index < -0.39 is 12.1 Å². The highest BCUT2D eigenvalue weighted by Gasteiger charge is 2.18. The van der Waals surface area contributed by atoms with E-state index in [1.54, 1.807) is 6.08 Å². The van der Waals surface area contributed by atoms with Crippen LogP contribution < -0.4 is 5.32 Å². The van der Waals surface area contributed by atoms with Crippen LogP contribution in [-0.2, 0) is 14.3 Å². The van der Waals surface area contributed by atoms with Gasteiger partial charge in [-0.1, -0.05) is 307 Å². The summed E-state index contributed by atoms with van der Waals surface area (Å²) in [6.45, 7) is 4.85. The average molecular weight is 999 g/mol. The third-order valence-electron chi connectivity index (χ3n) is 14.6. The van der Waals surface area contributed by atoms with E-state index in [1.807, 2.05) is 6.08 Å². The van der Waals surface area contributed by atoms with Gasteiger partial charge >= 0.3 is 5.97 Å². The number of carbonyl (C=O) groups is 2. The van der Waals surface area contributed by atoms with E-state index in [-0.39, 0.29) is 18.5 Å². The molecule has 0 heterocycles. The van der Waals surface area contributed by atoms with Crippen LogP contribution in [0.1, 0.15) is 341 Å². The number of nitrogens with one attached hydrogen (secondary N) is 1. The Bertz CT molecular complexity index is 1150. The largest absolute Gasteiger partial charge is 0.466 e. The molecule has 2 atom stereocenters. The lowest BCUT2D eigenvalue weighted by Gasteiger charge is -2.20. The molecule has 1 amide bonds. The fraction of sp³-hybridized carbons (Fsp3) is 0.877. The van der Waals surface area contributed by atoms with Crippen LogP contribution in [0.3, 0.4) is 0 Å². The summed E-state index contributed by atoms with van der Waals surface area (Å²) < 4.78 is 5.47. The number of unbranched alkanes of at least 4 members (excludes halogenated alkanes) is 44. The van der Waals surface area contributed by atoms with Gasteiger partial charge in [-0.2, -0.15) is 0 Å². The van der Waals surface area contributed by atoms with Crippen LogP contribution in [0.5, 0.6) is 0 Å². The SMILES string of the molecule is CCC/C=C\C/C=C\CCCCCCCC(=O)OCCCCCCCCCCCCCCCCCCCCCC(=O)NC(CO)C(O)/C=C/CCCCCCCCCCCCCCCCCCCCCC. The van der Waals surface area contributed by atoms with Gasteiger partial charge in [-0.05, 0) is 57.8 Å². The number of ether oxygens (including phenoxy) is 1. The number of carbonyl (C=O) groups excluding carboxylic acids is 2. The molecular weight excluding hydrogens is 875 g/mol. The third kappa shape index (κ3) is 57.2. The van der Waals surface area contributed by atoms with E-state index >= 15 is 0 Å². The molecule has 6 nitrogen and oxygen atoms in total. The maximum atomic E-state index is 12.5. The molecule has 0 rings (SSSR count). The number of rotatable bonds is 59. The summed E-state index contributed by atoms with van der Waals surface area (Å²) in [7, 11) is 0. The van der Waals surface area contributed by atoms with Crippen molar-refractivity contribution in [3.8, 4) is 0 Å². The molecule has 0 saturated heterocycles. The van der Waals surface area contributed by atoms with E-state index in [4.69, 9.17) is 4.74 Å². The molecule has 0 aliphatic rings. The minimum Gasteiger partial charge on any atom is -0.466 e. The zero-order valence-corrected chi connectivity index (χ0v) is 47.7. The fourth-order valence-electron chi connectivity index (χ4n) is 9.79. The fourth-order valence-corrected chi connectivity index (χ4v) is 9.79. The number of esters is 1. The maximum absolute atomic E-state index is 12.5. The summed E-state index contributed by atoms with van der Waals surface area (Å²) in [6, 6.07) is -0.632. The lowest BCUT2D eigenvalue weighted by atomic mass is 10.0. The van der Waals surface area contributed by atoms with E-state index in [0.717, 1.165) is 51.4 Å². The van der Waals surface area contributed by atoms with Gasteiger partial charge in [0, 0.05) is 12.8 Å². The van der Waals surface area contributed by atoms with Gasteiger partial charge in [0.25, 0.3) is 0 Å². The van der Waals surface area contributed by atoms with E-state index in [9.17, 15) is 19.8 Å². The molecule has 0 fully saturated rings. The standard InChI is InChI=1S/C65H123NO5/c1-3-5-7-9-11-13-15-17-18-19-20-21-22-24-27-30-34-37-41-45-49-53-57-63(68)62(61-67)66-64(69)58-54-50-46-42-38-35-31-28-25-23-26-29-32-36-40-44-48-52-56-60-71-65(70)59-55-51-47-43-39-33-16-14-12-10-8-6-4-2/h8,10,14,16,53,57,62-63,67-68H,3-7,9,11-13,15,17-52,54-56,58-61H2,1-2H3,(H,66,69)/b10-8-,16-14-,57-53+. The first-order chi connectivity index (χ1) is 35.0. The predicted molar refractivity (Wildman–Crippen MR) is 310 cm³/mol. The van der Waals surface area contributed by atoms with Crippen LogP contribution in [0.4, 0.5) is 0 Å². The molecule has 0 spiro atoms. The third-order valence-corrected chi connectivity index (χ3v) is 14.6. The number of hydrogen-bond acceptors (Lipinski definition) is 5. The average Bonchev–Trinajstić information content (AvgIpc) is 3.37. The molecule has 6 heteroatoms. The normalized spacial score (nSPS) is 12.8. The van der Waals surface area contributed by atoms with Crippen LogP contribution in [0.15, 0.2) is 36.5 Å². The molecule has 0 bridgehead atoms. The molecule has 71 heavy (non-hydrogen) atoms. The summed E-state index contributed by atoms with van der Waals surface area (Å²) in [6.07, 6.45) is 76.1. The van der Waals surface area contributed by atoms with Crippen LogP contribution in [-0.4, -0.2) is 47.4 Å². The van der Waals surface area contributed by atoms with E-state index in [0.29, 0.717) is 19.4 Å². The van der Waals surface area contributed by atoms with Crippen molar-refractivity contribution in [3.05, 3.63) is 36.5 Å². The van der Waals surface area contributed by atoms with Gasteiger partial charge in [-0.15, -0.1) is 0 Å². The van der Waals surface area contributed by atoms with Gasteiger partial charge in [-0.3, -0.25) is 9.59 Å². The number of hydrogen-bond donors (Lipinski definition) is 3. The van der Waals surface area contributed by atoms with Crippen molar-refractivity contribution < 1.29 is 24.5 Å². The van der Waals surface area contributed by atoms with Crippen LogP contribution in [0.25, 0.3) is 0 Å². The van der Waals surface area contributed by atoms with Gasteiger partial charge < -0.3 is 20.3 Å². The summed E-state index contributed by atoms with van der Waals surface area (Å²) >= 11 is 0. The molecule has 0 aliphatic heterocycles. The molecule has 0 aromatic rings. The van der Waals surface area contributed by atoms with Crippen molar-refractivity contribution in [1.29, 1.82) is 0 Å². The van der Waals surface area contributed by atoms with Gasteiger partial charge in [0.2, 0.25) is 5.91 Å². The molecule has 3 N–H and O–H groups in total. The minimum absolute atomic E-state index is 0.00678. The highest BCUT2D eigenvalue weighted by Crippen LogP contribution is 2.18. The monoisotopic (exact) mass is 998 g/mol. The molecule has 0 radical (unpaired) electrons. The van der Waals surface area contributed by atoms with Crippen molar-refractivity contribution in [2.24, 2.45) is 0 Å². The maximum Gasteiger partial charge on any atom is 0.305 e. The molecule has 0 aliphatic carbocycles. The molecular formula is C65H123NO5. The second-order valence-electron chi connectivity index (χ2n) is 21.7. The smallest absolute Gasteiger partial charge is 0.305 e. The van der Waals surface area contributed by atoms with E-state index in [2.05, 4.69) is 43.5 Å². The lowest BCUT2D eigenvalue weighted by Crippen LogP contribution is -2.45. The summed E-state index contributed by atoms with van der Waals surface area (Å²) in [5.74, 6) is -0.0750. The van der Waals surface area contributed by atoms with Crippen LogP contribution in [0, 0.1) is 0 Å². The Kier molecular flexibility index (Phi) is 59.0. The molecule has 2 unspecified atom stereocenters. The first-order valence-electron chi connectivity index (χ1n) is 31.8. The minimum atomic E-state index is -0.848. The Hall–Kier alpha value is -1.92. The van der Waals surface area contributed by atoms with Crippen molar-refractivity contribution in [2.75, 3.05) is 13.2 Å². The molecule has 0 saturated carbocycles. The van der Waals surface area contributed by atoms with Crippen molar-refractivity contribution >= 4 is 11.9 Å². The Labute approximate surface area is 443 Å². The van der Waals surface area contributed by atoms with Crippen molar-refractivity contribution in [2.45, 2.75) is 353 Å². The van der Waals surface area contributed by atoms with Crippen LogP contribution in [0.2, 0.25) is 0 Å². The summed E-state index contributed by atoms with van der Waals surface area (Å²) in [5, 5.41) is 23.2. The summed E-state index contributed by atoms with van der Waals surface area (Å²) in [4.78, 5) is 24.5. The quantitative estimate of drug-likeness (QED) is 0.0321. The Morgan fingerprint density at radius 1 is 0.394 bits per heavy atom. The number of aliphatic hydroxyl groups is 2. The van der Waals surface area contributed by atoms with Crippen molar-refractivity contribution in [1.82, 2.24) is 5.32 Å². The summed E-state index contributed by atoms with van der Waals surface area (Å²) in [5.41, 5.74) is 0. The van der Waals surface area contributed by atoms with E-state index in [1.165, 1.54) is 263 Å². The lowest BCUT2D eigenvalue weighted by molar-refractivity contribution is -0.143. The Morgan fingerprint density at radius 2 is 0.732 bits per heavy atom. The number of amides is 1. The second-order valence-corrected chi connectivity index (χ2v) is 21.7. The van der Waals surface area contributed by atoms with Crippen molar-refractivity contribution in [3.63, 3.8) is 0 Å². The van der Waals surface area contributed by atoms with Gasteiger partial charge in [0.1, 0.15) is 0 Å². The first-order valence-corrected chi connectivity index (χ1v) is 31.8.